The van der Waals surface area contributed by atoms with E-state index in [4.69, 9.17) is 0 Å². The van der Waals surface area contributed by atoms with Crippen LogP contribution in [0.25, 0.3) is 0 Å². The molecule has 0 spiro atoms. The van der Waals surface area contributed by atoms with Gasteiger partial charge >= 0.3 is 0 Å². The third kappa shape index (κ3) is 5.47. The fourth-order valence-electron chi connectivity index (χ4n) is 3.14. The van der Waals surface area contributed by atoms with Crippen molar-refractivity contribution in [2.24, 2.45) is 10.9 Å². The lowest BCUT2D eigenvalue weighted by Crippen LogP contribution is -2.39. The monoisotopic (exact) mass is 384 g/mol. The highest BCUT2D eigenvalue weighted by Gasteiger charge is 2.24. The normalized spacial score (nSPS) is 17.1. The largest absolute Gasteiger partial charge is 0.352 e. The number of benzene rings is 2. The van der Waals surface area contributed by atoms with E-state index in [1.165, 1.54) is 17.0 Å². The summed E-state index contributed by atoms with van der Waals surface area (Å²) in [5.41, 5.74) is 1.11. The Balaban J connectivity index is 1.47. The summed E-state index contributed by atoms with van der Waals surface area (Å²) in [5.74, 6) is 2.65. The van der Waals surface area contributed by atoms with Gasteiger partial charge in [-0.3, -0.25) is 15.1 Å². The Morgan fingerprint density at radius 1 is 1.26 bits per heavy atom. The fraction of sp³-hybridized carbons (Fsp3) is 0.350. The Bertz CT molecular complexity index is 780. The molecule has 0 saturated carbocycles. The van der Waals surface area contributed by atoms with Gasteiger partial charge in [-0.2, -0.15) is 0 Å². The third-order valence-electron chi connectivity index (χ3n) is 4.62. The van der Waals surface area contributed by atoms with Crippen molar-refractivity contribution in [1.82, 2.24) is 10.2 Å². The van der Waals surface area contributed by atoms with Crippen molar-refractivity contribution in [3.05, 3.63) is 70.3 Å². The van der Waals surface area contributed by atoms with Crippen molar-refractivity contribution >= 4 is 23.4 Å². The molecule has 7 heteroatoms. The number of nitro benzene ring substituents is 1. The molecule has 1 aliphatic heterocycles. The molecule has 2 aromatic rings. The van der Waals surface area contributed by atoms with E-state index in [0.717, 1.165) is 36.8 Å². The van der Waals surface area contributed by atoms with Gasteiger partial charge in [-0.25, -0.2) is 0 Å². The number of non-ortho nitro benzene ring substituents is 1. The first-order valence-corrected chi connectivity index (χ1v) is 10.0. The van der Waals surface area contributed by atoms with Crippen molar-refractivity contribution in [2.75, 3.05) is 25.9 Å². The van der Waals surface area contributed by atoms with E-state index in [2.05, 4.69) is 39.5 Å². The van der Waals surface area contributed by atoms with E-state index >= 15 is 0 Å². The first-order valence-electron chi connectivity index (χ1n) is 9.02. The Hall–Kier alpha value is -2.54. The molecule has 0 amide bonds. The molecule has 27 heavy (non-hydrogen) atoms. The molecule has 0 aliphatic carbocycles. The van der Waals surface area contributed by atoms with Crippen molar-refractivity contribution in [1.29, 1.82) is 0 Å². The van der Waals surface area contributed by atoms with E-state index < -0.39 is 0 Å². The summed E-state index contributed by atoms with van der Waals surface area (Å²) in [6, 6.07) is 17.1. The molecule has 0 bridgehead atoms. The number of likely N-dealkylation sites (tertiary alicyclic amines) is 1. The molecule has 1 saturated heterocycles. The second-order valence-electron chi connectivity index (χ2n) is 6.55. The van der Waals surface area contributed by atoms with Gasteiger partial charge in [0.15, 0.2) is 5.96 Å². The van der Waals surface area contributed by atoms with Crippen molar-refractivity contribution in [3.8, 4) is 0 Å². The zero-order chi connectivity index (χ0) is 19.1. The van der Waals surface area contributed by atoms with Gasteiger partial charge in [0.2, 0.25) is 0 Å². The first kappa shape index (κ1) is 19.2. The van der Waals surface area contributed by atoms with Gasteiger partial charge in [0.25, 0.3) is 5.69 Å². The van der Waals surface area contributed by atoms with Crippen LogP contribution in [0.4, 0.5) is 5.69 Å². The summed E-state index contributed by atoms with van der Waals surface area (Å²) >= 11 is 1.91. The third-order valence-corrected chi connectivity index (χ3v) is 5.87. The Morgan fingerprint density at radius 2 is 2.00 bits per heavy atom. The maximum absolute atomic E-state index is 10.7. The second-order valence-corrected chi connectivity index (χ2v) is 7.64. The fourth-order valence-corrected chi connectivity index (χ4v) is 4.19. The Labute approximate surface area is 163 Å². The summed E-state index contributed by atoms with van der Waals surface area (Å²) < 4.78 is 0. The molecule has 1 N–H and O–H groups in total. The number of aliphatic imine (C=N–C) groups is 1. The molecule has 3 rings (SSSR count). The highest BCUT2D eigenvalue weighted by atomic mass is 32.2. The van der Waals surface area contributed by atoms with Crippen LogP contribution in [-0.4, -0.2) is 41.7 Å². The number of hydrogen-bond donors (Lipinski definition) is 1. The highest BCUT2D eigenvalue weighted by Crippen LogP contribution is 2.25. The number of nitrogens with one attached hydrogen (secondary N) is 1. The molecular weight excluding hydrogens is 360 g/mol. The van der Waals surface area contributed by atoms with Crippen molar-refractivity contribution < 1.29 is 4.92 Å². The van der Waals surface area contributed by atoms with E-state index in [1.54, 1.807) is 19.2 Å². The number of guanidine groups is 1. The molecule has 1 heterocycles. The van der Waals surface area contributed by atoms with Crippen molar-refractivity contribution in [2.45, 2.75) is 17.9 Å². The Morgan fingerprint density at radius 3 is 2.67 bits per heavy atom. The van der Waals surface area contributed by atoms with Crippen LogP contribution in [0, 0.1) is 16.0 Å². The smallest absolute Gasteiger partial charge is 0.269 e. The average Bonchev–Trinajstić information content (AvgIpc) is 3.17. The molecule has 6 nitrogen and oxygen atoms in total. The number of nitro groups is 1. The number of thioether (sulfide) groups is 1. The van der Waals surface area contributed by atoms with Gasteiger partial charge in [0.1, 0.15) is 0 Å². The summed E-state index contributed by atoms with van der Waals surface area (Å²) in [7, 11) is 1.80. The SMILES string of the molecule is CN=C(NCc1ccc([N+](=O)[O-])cc1)N1CCC(CSc2ccccc2)C1. The van der Waals surface area contributed by atoms with Gasteiger partial charge in [-0.15, -0.1) is 11.8 Å². The minimum Gasteiger partial charge on any atom is -0.352 e. The Kier molecular flexibility index (Phi) is 6.70. The summed E-state index contributed by atoms with van der Waals surface area (Å²) in [4.78, 5) is 18.4. The van der Waals surface area contributed by atoms with Gasteiger partial charge in [0, 0.05) is 49.5 Å². The highest BCUT2D eigenvalue weighted by molar-refractivity contribution is 7.99. The number of rotatable bonds is 6. The standard InChI is InChI=1S/C20H24N4O2S/c1-21-20(22-13-16-7-9-18(10-8-16)24(25)26)23-12-11-17(14-23)15-27-19-5-3-2-4-6-19/h2-10,17H,11-15H2,1H3,(H,21,22). The average molecular weight is 385 g/mol. The lowest BCUT2D eigenvalue weighted by Gasteiger charge is -2.21. The predicted molar refractivity (Wildman–Crippen MR) is 110 cm³/mol. The molecule has 0 aromatic heterocycles. The molecule has 142 valence electrons. The van der Waals surface area contributed by atoms with E-state index in [9.17, 15) is 10.1 Å². The van der Waals surface area contributed by atoms with Crippen LogP contribution in [-0.2, 0) is 6.54 Å². The zero-order valence-electron chi connectivity index (χ0n) is 15.4. The van der Waals surface area contributed by atoms with E-state index in [-0.39, 0.29) is 10.6 Å². The van der Waals surface area contributed by atoms with Crippen LogP contribution in [0.2, 0.25) is 0 Å². The molecule has 2 aromatic carbocycles. The van der Waals surface area contributed by atoms with Crippen LogP contribution in [0.3, 0.4) is 0 Å². The van der Waals surface area contributed by atoms with Gasteiger partial charge in [0.05, 0.1) is 4.92 Å². The van der Waals surface area contributed by atoms with Crippen LogP contribution in [0.5, 0.6) is 0 Å². The van der Waals surface area contributed by atoms with Gasteiger partial charge in [-0.05, 0) is 30.0 Å². The minimum absolute atomic E-state index is 0.112. The number of hydrogen-bond acceptors (Lipinski definition) is 4. The van der Waals surface area contributed by atoms with Crippen LogP contribution < -0.4 is 5.32 Å². The first-order chi connectivity index (χ1) is 13.2. The van der Waals surface area contributed by atoms with E-state index in [0.29, 0.717) is 12.5 Å². The lowest BCUT2D eigenvalue weighted by atomic mass is 10.2. The summed E-state index contributed by atoms with van der Waals surface area (Å²) in [5, 5.41) is 14.1. The summed E-state index contributed by atoms with van der Waals surface area (Å²) in [6.45, 7) is 2.60. The molecule has 1 fully saturated rings. The van der Waals surface area contributed by atoms with Crippen LogP contribution >= 0.6 is 11.8 Å². The second kappa shape index (κ2) is 9.41. The predicted octanol–water partition coefficient (Wildman–Crippen LogP) is 3.78. The molecule has 1 unspecified atom stereocenters. The van der Waals surface area contributed by atoms with E-state index in [1.807, 2.05) is 17.8 Å². The van der Waals surface area contributed by atoms with Crippen LogP contribution in [0.1, 0.15) is 12.0 Å². The lowest BCUT2D eigenvalue weighted by molar-refractivity contribution is -0.384. The van der Waals surface area contributed by atoms with Gasteiger partial charge < -0.3 is 10.2 Å². The minimum atomic E-state index is -0.381. The molecule has 1 aliphatic rings. The molecular formula is C20H24N4O2S. The maximum atomic E-state index is 10.7. The maximum Gasteiger partial charge on any atom is 0.269 e. The van der Waals surface area contributed by atoms with Crippen LogP contribution in [0.15, 0.2) is 64.5 Å². The number of nitrogens with zero attached hydrogens (tertiary/aromatic N) is 3. The topological polar surface area (TPSA) is 70.8 Å². The van der Waals surface area contributed by atoms with Crippen molar-refractivity contribution in [3.63, 3.8) is 0 Å². The quantitative estimate of drug-likeness (QED) is 0.270. The zero-order valence-corrected chi connectivity index (χ0v) is 16.2. The summed E-state index contributed by atoms with van der Waals surface area (Å²) in [6.07, 6.45) is 1.16. The molecule has 1 atom stereocenters. The molecule has 0 radical (unpaired) electrons. The van der Waals surface area contributed by atoms with Gasteiger partial charge in [-0.1, -0.05) is 30.3 Å².